The third kappa shape index (κ3) is 4.42. The van der Waals surface area contributed by atoms with Crippen molar-refractivity contribution in [1.82, 2.24) is 0 Å². The van der Waals surface area contributed by atoms with Crippen LogP contribution in [0.1, 0.15) is 19.8 Å². The number of hydrogen-bond donors (Lipinski definition) is 2. The number of hydrogen-bond acceptors (Lipinski definition) is 4. The number of rotatable bonds is 8. The first-order valence-corrected chi connectivity index (χ1v) is 7.93. The van der Waals surface area contributed by atoms with E-state index in [0.717, 1.165) is 18.6 Å². The smallest absolute Gasteiger partial charge is 0.341 e. The van der Waals surface area contributed by atoms with Crippen LogP contribution in [-0.2, 0) is 9.84 Å². The molecule has 0 amide bonds. The van der Waals surface area contributed by atoms with Gasteiger partial charge in [-0.2, -0.15) is 8.78 Å². The predicted octanol–water partition coefficient (Wildman–Crippen LogP) is 2.50. The molecule has 0 saturated carbocycles. The lowest BCUT2D eigenvalue weighted by Crippen LogP contribution is -2.15. The van der Waals surface area contributed by atoms with Gasteiger partial charge >= 0.3 is 5.76 Å². The number of anilines is 1. The number of benzene rings is 1. The largest absolute Gasteiger partial charge is 0.396 e. The van der Waals surface area contributed by atoms with Gasteiger partial charge in [0.1, 0.15) is 0 Å². The maximum atomic E-state index is 12.4. The highest BCUT2D eigenvalue weighted by molar-refractivity contribution is 7.91. The monoisotopic (exact) mass is 307 g/mol. The minimum atomic E-state index is -4.53. The van der Waals surface area contributed by atoms with Crippen molar-refractivity contribution >= 4 is 15.5 Å². The summed E-state index contributed by atoms with van der Waals surface area (Å²) >= 11 is 0. The molecule has 1 aromatic carbocycles. The Labute approximate surface area is 117 Å². The van der Waals surface area contributed by atoms with Crippen molar-refractivity contribution in [2.45, 2.75) is 30.4 Å². The Hall–Kier alpha value is -1.21. The first-order chi connectivity index (χ1) is 9.41. The predicted molar refractivity (Wildman–Crippen MR) is 73.6 cm³/mol. The molecule has 0 radical (unpaired) electrons. The summed E-state index contributed by atoms with van der Waals surface area (Å²) in [5.74, 6) is -3.10. The lowest BCUT2D eigenvalue weighted by atomic mass is 10.0. The summed E-state index contributed by atoms with van der Waals surface area (Å²) in [7, 11) is -4.53. The van der Waals surface area contributed by atoms with Crippen LogP contribution < -0.4 is 5.32 Å². The molecule has 2 N–H and O–H groups in total. The molecule has 0 aromatic heterocycles. The number of sulfone groups is 1. The van der Waals surface area contributed by atoms with Crippen molar-refractivity contribution in [3.8, 4) is 0 Å². The van der Waals surface area contributed by atoms with Crippen molar-refractivity contribution in [2.75, 3.05) is 18.5 Å². The van der Waals surface area contributed by atoms with Crippen molar-refractivity contribution in [3.05, 3.63) is 24.3 Å². The highest BCUT2D eigenvalue weighted by Crippen LogP contribution is 2.20. The second-order valence-corrected chi connectivity index (χ2v) is 6.42. The van der Waals surface area contributed by atoms with Crippen LogP contribution in [0, 0.1) is 5.92 Å². The van der Waals surface area contributed by atoms with E-state index >= 15 is 0 Å². The number of halogens is 2. The van der Waals surface area contributed by atoms with Crippen LogP contribution in [0.5, 0.6) is 0 Å². The number of aliphatic hydroxyl groups excluding tert-OH is 1. The molecule has 0 bridgehead atoms. The molecule has 0 fully saturated rings. The third-order valence-electron chi connectivity index (χ3n) is 3.13. The van der Waals surface area contributed by atoms with E-state index in [1.807, 2.05) is 6.92 Å². The second kappa shape index (κ2) is 7.54. The van der Waals surface area contributed by atoms with E-state index in [0.29, 0.717) is 24.6 Å². The molecule has 0 aliphatic carbocycles. The zero-order valence-electron chi connectivity index (χ0n) is 11.2. The van der Waals surface area contributed by atoms with E-state index < -0.39 is 15.6 Å². The highest BCUT2D eigenvalue weighted by Gasteiger charge is 2.26. The highest BCUT2D eigenvalue weighted by atomic mass is 32.2. The zero-order valence-corrected chi connectivity index (χ0v) is 12.0. The second-order valence-electron chi connectivity index (χ2n) is 4.50. The summed E-state index contributed by atoms with van der Waals surface area (Å²) in [6.45, 7) is 2.77. The quantitative estimate of drug-likeness (QED) is 0.774. The van der Waals surface area contributed by atoms with Crippen LogP contribution in [0.4, 0.5) is 14.5 Å². The molecule has 0 spiro atoms. The molecule has 0 saturated heterocycles. The lowest BCUT2D eigenvalue weighted by Gasteiger charge is -2.15. The molecule has 1 unspecified atom stereocenters. The molecule has 20 heavy (non-hydrogen) atoms. The van der Waals surface area contributed by atoms with Crippen molar-refractivity contribution < 1.29 is 22.3 Å². The molecule has 1 aromatic rings. The Kier molecular flexibility index (Phi) is 6.35. The fourth-order valence-electron chi connectivity index (χ4n) is 1.76. The Balaban J connectivity index is 2.68. The summed E-state index contributed by atoms with van der Waals surface area (Å²) in [6.07, 6.45) is 1.59. The maximum Gasteiger partial charge on any atom is 0.341 e. The van der Waals surface area contributed by atoms with Gasteiger partial charge in [0, 0.05) is 18.8 Å². The lowest BCUT2D eigenvalue weighted by molar-refractivity contribution is 0.234. The molecule has 1 atom stereocenters. The van der Waals surface area contributed by atoms with E-state index in [-0.39, 0.29) is 11.5 Å². The summed E-state index contributed by atoms with van der Waals surface area (Å²) in [4.78, 5) is -0.388. The summed E-state index contributed by atoms with van der Waals surface area (Å²) in [5, 5.41) is 12.0. The average Bonchev–Trinajstić information content (AvgIpc) is 2.43. The van der Waals surface area contributed by atoms with E-state index in [9.17, 15) is 17.2 Å². The van der Waals surface area contributed by atoms with Gasteiger partial charge in [-0.3, -0.25) is 0 Å². The van der Waals surface area contributed by atoms with Crippen LogP contribution in [-0.4, -0.2) is 32.4 Å². The number of nitrogens with one attached hydrogen (secondary N) is 1. The fourth-order valence-corrected chi connectivity index (χ4v) is 2.48. The Bertz CT molecular complexity index is 503. The van der Waals surface area contributed by atoms with Crippen molar-refractivity contribution in [3.63, 3.8) is 0 Å². The van der Waals surface area contributed by atoms with Gasteiger partial charge < -0.3 is 10.4 Å². The van der Waals surface area contributed by atoms with Gasteiger partial charge in [0.25, 0.3) is 0 Å². The standard InChI is InChI=1S/C13H19F2NO3S/c1-2-10(7-8-17)9-16-11-3-5-12(6-4-11)20(18,19)13(14)15/h3-6,10,13,16-17H,2,7-9H2,1H3. The van der Waals surface area contributed by atoms with E-state index in [1.54, 1.807) is 0 Å². The summed E-state index contributed by atoms with van der Waals surface area (Å²) < 4.78 is 47.2. The van der Waals surface area contributed by atoms with Crippen LogP contribution in [0.15, 0.2) is 29.2 Å². The molecule has 4 nitrogen and oxygen atoms in total. The van der Waals surface area contributed by atoms with E-state index in [2.05, 4.69) is 5.32 Å². The average molecular weight is 307 g/mol. The van der Waals surface area contributed by atoms with Gasteiger partial charge in [-0.25, -0.2) is 8.42 Å². The minimum absolute atomic E-state index is 0.117. The van der Waals surface area contributed by atoms with Crippen LogP contribution in [0.25, 0.3) is 0 Å². The molecule has 0 heterocycles. The summed E-state index contributed by atoms with van der Waals surface area (Å²) in [5.41, 5.74) is 0.662. The molecule has 1 rings (SSSR count). The zero-order chi connectivity index (χ0) is 15.2. The van der Waals surface area contributed by atoms with Gasteiger partial charge in [0.15, 0.2) is 0 Å². The van der Waals surface area contributed by atoms with Crippen LogP contribution in [0.2, 0.25) is 0 Å². The molecule has 7 heteroatoms. The first kappa shape index (κ1) is 16.8. The topological polar surface area (TPSA) is 66.4 Å². The molecule has 114 valence electrons. The van der Waals surface area contributed by atoms with Gasteiger partial charge in [0.05, 0.1) is 4.90 Å². The number of aliphatic hydroxyl groups is 1. The number of alkyl halides is 2. The Morgan fingerprint density at radius 1 is 1.25 bits per heavy atom. The fraction of sp³-hybridized carbons (Fsp3) is 0.538. The van der Waals surface area contributed by atoms with Crippen LogP contribution in [0.3, 0.4) is 0 Å². The van der Waals surface area contributed by atoms with Gasteiger partial charge in [-0.15, -0.1) is 0 Å². The molecule has 0 aliphatic heterocycles. The van der Waals surface area contributed by atoms with Gasteiger partial charge in [0.2, 0.25) is 9.84 Å². The molecule has 0 aliphatic rings. The molecular weight excluding hydrogens is 288 g/mol. The maximum absolute atomic E-state index is 12.4. The minimum Gasteiger partial charge on any atom is -0.396 e. The van der Waals surface area contributed by atoms with Gasteiger partial charge in [-0.1, -0.05) is 13.3 Å². The Morgan fingerprint density at radius 2 is 1.85 bits per heavy atom. The SMILES string of the molecule is CCC(CCO)CNc1ccc(S(=O)(=O)C(F)F)cc1. The third-order valence-corrected chi connectivity index (χ3v) is 4.53. The summed E-state index contributed by atoms with van der Waals surface area (Å²) in [6, 6.07) is 5.25. The van der Waals surface area contributed by atoms with E-state index in [4.69, 9.17) is 5.11 Å². The van der Waals surface area contributed by atoms with Crippen molar-refractivity contribution in [1.29, 1.82) is 0 Å². The Morgan fingerprint density at radius 3 is 2.30 bits per heavy atom. The normalized spacial score (nSPS) is 13.4. The van der Waals surface area contributed by atoms with Crippen LogP contribution >= 0.6 is 0 Å². The van der Waals surface area contributed by atoms with Gasteiger partial charge in [-0.05, 0) is 36.6 Å². The van der Waals surface area contributed by atoms with Crippen molar-refractivity contribution in [2.24, 2.45) is 5.92 Å². The first-order valence-electron chi connectivity index (χ1n) is 6.38. The van der Waals surface area contributed by atoms with E-state index in [1.165, 1.54) is 12.1 Å². The molecular formula is C13H19F2NO3S.